The Labute approximate surface area is 501 Å². The Morgan fingerprint density at radius 3 is 1.64 bits per heavy atom. The highest BCUT2D eigenvalue weighted by molar-refractivity contribution is 7.00. The van der Waals surface area contributed by atoms with Crippen LogP contribution in [-0.4, -0.2) is 6.71 Å². The van der Waals surface area contributed by atoms with Crippen LogP contribution < -0.4 is 31.1 Å². The van der Waals surface area contributed by atoms with Crippen LogP contribution in [0.2, 0.25) is 0 Å². The maximum atomic E-state index is 9.51. The van der Waals surface area contributed by atoms with Crippen LogP contribution in [0.4, 0.5) is 51.2 Å². The summed E-state index contributed by atoms with van der Waals surface area (Å²) >= 11 is 0. The number of hydrogen-bond donors (Lipinski definition) is 0. The van der Waals surface area contributed by atoms with E-state index in [1.54, 1.807) is 0 Å². The minimum atomic E-state index is -2.45. The van der Waals surface area contributed by atoms with Gasteiger partial charge in [0, 0.05) is 71.6 Å². The zero-order valence-electron chi connectivity index (χ0n) is 55.9. The molecule has 4 aliphatic rings. The fourth-order valence-corrected chi connectivity index (χ4v) is 14.8. The lowest BCUT2D eigenvalue weighted by atomic mass is 9.33. The Bertz CT molecular complexity index is 4270. The SMILES string of the molecule is [2H]C([2H])([2H])c1cc2c3c(c1)N(c1cc4c(cc1C)C(C)(C)CCC4(C)C)c1cc4c(cc1B3c1ccc(N(c3ccc(C(C)(C)C)cc3)c3cccc(C(C)(C)C)c3)cc1N2c1cc(C(C)(C)C)c2oc3ccccc3c2c1)C(C)(C)CCC4(C)C. The van der Waals surface area contributed by atoms with Gasteiger partial charge in [0.25, 0.3) is 6.71 Å². The lowest BCUT2D eigenvalue weighted by Gasteiger charge is -2.48. The largest absolute Gasteiger partial charge is 0.456 e. The van der Waals surface area contributed by atoms with Gasteiger partial charge in [0.1, 0.15) is 11.2 Å². The molecule has 83 heavy (non-hydrogen) atoms. The molecule has 0 saturated heterocycles. The van der Waals surface area contributed by atoms with Crippen molar-refractivity contribution in [1.29, 1.82) is 0 Å². The summed E-state index contributed by atoms with van der Waals surface area (Å²) in [5, 5.41) is 2.08. The summed E-state index contributed by atoms with van der Waals surface area (Å²) < 4.78 is 35.4. The van der Waals surface area contributed by atoms with Gasteiger partial charge in [0.15, 0.2) is 0 Å². The molecule has 2 aliphatic carbocycles. The van der Waals surface area contributed by atoms with Gasteiger partial charge >= 0.3 is 0 Å². The maximum Gasteiger partial charge on any atom is 0.252 e. The van der Waals surface area contributed by atoms with Crippen LogP contribution >= 0.6 is 0 Å². The Balaban J connectivity index is 1.18. The predicted molar refractivity (Wildman–Crippen MR) is 359 cm³/mol. The van der Waals surface area contributed by atoms with E-state index in [0.29, 0.717) is 5.56 Å². The second-order valence-corrected chi connectivity index (χ2v) is 31.1. The second kappa shape index (κ2) is 18.3. The first-order valence-corrected chi connectivity index (χ1v) is 30.8. The number of benzene rings is 8. The summed E-state index contributed by atoms with van der Waals surface area (Å²) in [5.41, 5.74) is 24.3. The predicted octanol–water partition coefficient (Wildman–Crippen LogP) is 20.3. The van der Waals surface area contributed by atoms with E-state index in [2.05, 4.69) is 261 Å². The number of fused-ring (bicyclic) bond motifs is 9. The molecule has 13 rings (SSSR count). The summed E-state index contributed by atoms with van der Waals surface area (Å²) in [7, 11) is 0. The van der Waals surface area contributed by atoms with Crippen molar-refractivity contribution in [2.24, 2.45) is 0 Å². The zero-order valence-corrected chi connectivity index (χ0v) is 52.9. The van der Waals surface area contributed by atoms with E-state index in [1.807, 2.05) is 18.2 Å². The summed E-state index contributed by atoms with van der Waals surface area (Å²) in [5.74, 6) is 0. The molecule has 0 fully saturated rings. The van der Waals surface area contributed by atoms with Gasteiger partial charge in [0.2, 0.25) is 0 Å². The number of para-hydroxylation sites is 1. The zero-order chi connectivity index (χ0) is 61.5. The van der Waals surface area contributed by atoms with Crippen molar-refractivity contribution in [3.63, 3.8) is 0 Å². The second-order valence-electron chi connectivity index (χ2n) is 31.1. The Kier molecular flexibility index (Phi) is 11.4. The number of hydrogen-bond acceptors (Lipinski definition) is 4. The first-order chi connectivity index (χ1) is 40.0. The average Bonchev–Trinajstić information content (AvgIpc) is 0.741. The van der Waals surface area contributed by atoms with Crippen LogP contribution in [0.15, 0.2) is 144 Å². The van der Waals surface area contributed by atoms with E-state index in [1.165, 1.54) is 49.9 Å². The van der Waals surface area contributed by atoms with Crippen molar-refractivity contribution < 1.29 is 8.53 Å². The molecule has 3 heterocycles. The minimum Gasteiger partial charge on any atom is -0.456 e. The van der Waals surface area contributed by atoms with E-state index in [-0.39, 0.29) is 44.6 Å². The smallest absolute Gasteiger partial charge is 0.252 e. The molecule has 1 aromatic heterocycles. The molecular formula is C78H88BN3O. The maximum absolute atomic E-state index is 9.51. The first-order valence-electron chi connectivity index (χ1n) is 32.3. The third-order valence-electron chi connectivity index (χ3n) is 20.2. The van der Waals surface area contributed by atoms with Crippen LogP contribution in [0.5, 0.6) is 0 Å². The summed E-state index contributed by atoms with van der Waals surface area (Å²) in [6.07, 6.45) is 4.35. The number of aryl methyl sites for hydroxylation is 2. The van der Waals surface area contributed by atoms with Crippen molar-refractivity contribution in [1.82, 2.24) is 0 Å². The lowest BCUT2D eigenvalue weighted by Crippen LogP contribution is -2.62. The third kappa shape index (κ3) is 8.82. The van der Waals surface area contributed by atoms with Crippen LogP contribution in [0.3, 0.4) is 0 Å². The van der Waals surface area contributed by atoms with Gasteiger partial charge < -0.3 is 19.1 Å². The van der Waals surface area contributed by atoms with Crippen molar-refractivity contribution in [2.45, 2.75) is 195 Å². The van der Waals surface area contributed by atoms with Gasteiger partial charge in [-0.1, -0.05) is 178 Å². The number of anilines is 9. The highest BCUT2D eigenvalue weighted by Gasteiger charge is 2.48. The van der Waals surface area contributed by atoms with Gasteiger partial charge in [0.05, 0.1) is 0 Å². The fraction of sp³-hybridized carbons (Fsp3) is 0.385. The van der Waals surface area contributed by atoms with Crippen molar-refractivity contribution in [3.8, 4) is 0 Å². The third-order valence-corrected chi connectivity index (χ3v) is 20.2. The minimum absolute atomic E-state index is 0.00526. The van der Waals surface area contributed by atoms with Crippen LogP contribution in [0, 0.1) is 13.8 Å². The van der Waals surface area contributed by atoms with Crippen molar-refractivity contribution >= 4 is 96.2 Å². The van der Waals surface area contributed by atoms with Crippen LogP contribution in [0.25, 0.3) is 21.9 Å². The molecule has 2 aliphatic heterocycles. The highest BCUT2D eigenvalue weighted by Crippen LogP contribution is 2.55. The molecular weight excluding hydrogens is 1010 g/mol. The molecule has 9 aromatic rings. The molecule has 424 valence electrons. The molecule has 0 saturated carbocycles. The van der Waals surface area contributed by atoms with Gasteiger partial charge in [-0.15, -0.1) is 0 Å². The van der Waals surface area contributed by atoms with Gasteiger partial charge in [-0.3, -0.25) is 0 Å². The molecule has 0 spiro atoms. The topological polar surface area (TPSA) is 22.9 Å². The van der Waals surface area contributed by atoms with Gasteiger partial charge in [-0.05, 0) is 217 Å². The normalized spacial score (nSPS) is 18.1. The fourth-order valence-electron chi connectivity index (χ4n) is 14.8. The molecule has 0 N–H and O–H groups in total. The van der Waals surface area contributed by atoms with E-state index in [4.69, 9.17) is 4.42 Å². The number of nitrogens with zero attached hydrogens (tertiary/aromatic N) is 3. The van der Waals surface area contributed by atoms with Crippen molar-refractivity contribution in [2.75, 3.05) is 14.7 Å². The number of furan rings is 1. The highest BCUT2D eigenvalue weighted by atomic mass is 16.3. The van der Waals surface area contributed by atoms with Gasteiger partial charge in [-0.25, -0.2) is 0 Å². The van der Waals surface area contributed by atoms with Crippen LogP contribution in [0.1, 0.15) is 198 Å². The van der Waals surface area contributed by atoms with E-state index in [9.17, 15) is 4.11 Å². The first kappa shape index (κ1) is 51.6. The Hall–Kier alpha value is -6.98. The molecule has 5 heteroatoms. The van der Waals surface area contributed by atoms with Gasteiger partial charge in [-0.2, -0.15) is 0 Å². The molecule has 4 nitrogen and oxygen atoms in total. The molecule has 0 unspecified atom stereocenters. The van der Waals surface area contributed by atoms with E-state index in [0.717, 1.165) is 110 Å². The average molecular weight is 1100 g/mol. The Morgan fingerprint density at radius 2 is 1.02 bits per heavy atom. The number of rotatable bonds is 5. The van der Waals surface area contributed by atoms with E-state index < -0.39 is 6.85 Å². The summed E-state index contributed by atoms with van der Waals surface area (Å²) in [6, 6.07) is 52.6. The molecule has 0 radical (unpaired) electrons. The van der Waals surface area contributed by atoms with E-state index >= 15 is 0 Å². The van der Waals surface area contributed by atoms with Crippen molar-refractivity contribution in [3.05, 3.63) is 190 Å². The molecule has 0 amide bonds. The summed E-state index contributed by atoms with van der Waals surface area (Å²) in [4.78, 5) is 7.38. The molecule has 0 atom stereocenters. The molecule has 8 aromatic carbocycles. The Morgan fingerprint density at radius 1 is 0.470 bits per heavy atom. The lowest BCUT2D eigenvalue weighted by molar-refractivity contribution is 0.331. The monoisotopic (exact) mass is 1100 g/mol. The quantitative estimate of drug-likeness (QED) is 0.160. The van der Waals surface area contributed by atoms with Crippen LogP contribution in [-0.2, 0) is 37.9 Å². The molecule has 0 bridgehead atoms. The standard InChI is InChI=1S/C78H88BN3O/c1-47-37-67-70-68(38-47)82(64-45-59-57(39-48(64)2)75(12,13)33-35-77(59,16)17)66-46-60-58(76(14,15)34-36-78(60,18)19)44-63(66)79(70)62-32-31-53(80(51-29-27-49(28-30-51)72(3,4)5)52-24-22-23-50(40-52)73(6,7)8)43-65(62)81(67)54-41-56-55-25-20-21-26-69(55)83-71(56)61(42-54)74(9,10)11/h20-32,37-46H,33-36H2,1-19H3/i1D3. The summed E-state index contributed by atoms with van der Waals surface area (Å²) in [6.45, 7) is 39.4.